The maximum absolute atomic E-state index is 11.5. The number of carbonyl (C=O) groups excluding carboxylic acids is 1. The molecule has 1 heterocycles. The van der Waals surface area contributed by atoms with E-state index in [9.17, 15) is 4.79 Å². The Morgan fingerprint density at radius 2 is 2.19 bits per heavy atom. The minimum Gasteiger partial charge on any atom is -0.457 e. The van der Waals surface area contributed by atoms with Gasteiger partial charge in [0, 0.05) is 11.5 Å². The summed E-state index contributed by atoms with van der Waals surface area (Å²) < 4.78 is 15.7. The van der Waals surface area contributed by atoms with Gasteiger partial charge in [0.05, 0.1) is 6.61 Å². The summed E-state index contributed by atoms with van der Waals surface area (Å²) >= 11 is 0. The lowest BCUT2D eigenvalue weighted by molar-refractivity contribution is 0.00399. The van der Waals surface area contributed by atoms with Crippen molar-refractivity contribution in [3.63, 3.8) is 0 Å². The van der Waals surface area contributed by atoms with Crippen molar-refractivity contribution in [2.75, 3.05) is 19.9 Å². The summed E-state index contributed by atoms with van der Waals surface area (Å²) in [6.07, 6.45) is 8.78. The van der Waals surface area contributed by atoms with E-state index in [0.29, 0.717) is 18.1 Å². The van der Waals surface area contributed by atoms with Crippen molar-refractivity contribution < 1.29 is 19.0 Å². The first-order chi connectivity index (χ1) is 13.2. The number of rotatable bonds is 6. The zero-order valence-corrected chi connectivity index (χ0v) is 16.3. The molecule has 1 saturated carbocycles. The Morgan fingerprint density at radius 1 is 1.26 bits per heavy atom. The summed E-state index contributed by atoms with van der Waals surface area (Å²) in [6, 6.07) is 7.04. The number of hydrogen-bond acceptors (Lipinski definition) is 5. The van der Waals surface area contributed by atoms with Gasteiger partial charge in [0.15, 0.2) is 0 Å². The predicted molar refractivity (Wildman–Crippen MR) is 103 cm³/mol. The minimum atomic E-state index is -0.659. The molecule has 1 N–H and O–H groups in total. The highest BCUT2D eigenvalue weighted by molar-refractivity contribution is 5.59. The van der Waals surface area contributed by atoms with E-state index in [-0.39, 0.29) is 6.79 Å². The Balaban J connectivity index is 1.43. The van der Waals surface area contributed by atoms with Crippen LogP contribution in [-0.4, -0.2) is 32.1 Å². The van der Waals surface area contributed by atoms with Crippen molar-refractivity contribution in [3.8, 4) is 5.75 Å². The third-order valence-electron chi connectivity index (χ3n) is 6.74. The van der Waals surface area contributed by atoms with Gasteiger partial charge in [-0.25, -0.2) is 4.79 Å². The van der Waals surface area contributed by atoms with Crippen molar-refractivity contribution in [3.05, 3.63) is 29.3 Å². The first-order valence-electron chi connectivity index (χ1n) is 10.5. The van der Waals surface area contributed by atoms with Crippen LogP contribution in [0.5, 0.6) is 5.75 Å². The molecule has 1 aromatic rings. The van der Waals surface area contributed by atoms with Gasteiger partial charge < -0.3 is 19.5 Å². The third-order valence-corrected chi connectivity index (χ3v) is 6.74. The second-order valence-electron chi connectivity index (χ2n) is 8.20. The molecule has 2 fully saturated rings. The van der Waals surface area contributed by atoms with Gasteiger partial charge in [0.2, 0.25) is 6.79 Å². The SMILES string of the molecule is CCCCOC(=O)OCOc1ccc2c(c1)[C@]13CCCC[C@@H]1[C@@H](C2)NCC3. The van der Waals surface area contributed by atoms with Crippen molar-refractivity contribution in [1.82, 2.24) is 5.32 Å². The molecule has 0 amide bonds. The predicted octanol–water partition coefficient (Wildman–Crippen LogP) is 4.32. The quantitative estimate of drug-likeness (QED) is 0.457. The van der Waals surface area contributed by atoms with Gasteiger partial charge in [-0.15, -0.1) is 0 Å². The van der Waals surface area contributed by atoms with Gasteiger partial charge in [0.25, 0.3) is 0 Å². The lowest BCUT2D eigenvalue weighted by Crippen LogP contribution is -2.59. The molecule has 3 atom stereocenters. The van der Waals surface area contributed by atoms with Gasteiger partial charge in [-0.05, 0) is 67.8 Å². The topological polar surface area (TPSA) is 56.8 Å². The van der Waals surface area contributed by atoms with Crippen LogP contribution >= 0.6 is 0 Å². The molecule has 3 aliphatic rings. The number of hydrogen-bond donors (Lipinski definition) is 1. The molecule has 0 unspecified atom stereocenters. The number of carbonyl (C=O) groups is 1. The van der Waals surface area contributed by atoms with Crippen LogP contribution in [0, 0.1) is 5.92 Å². The van der Waals surface area contributed by atoms with Crippen LogP contribution in [0.25, 0.3) is 0 Å². The molecule has 2 aliphatic carbocycles. The fraction of sp³-hybridized carbons (Fsp3) is 0.682. The second-order valence-corrected chi connectivity index (χ2v) is 8.20. The molecular formula is C22H31NO4. The van der Waals surface area contributed by atoms with Gasteiger partial charge >= 0.3 is 6.16 Å². The Kier molecular flexibility index (Phi) is 5.58. The fourth-order valence-electron chi connectivity index (χ4n) is 5.48. The molecule has 5 heteroatoms. The zero-order chi connectivity index (χ0) is 18.7. The number of ether oxygens (including phenoxy) is 3. The summed E-state index contributed by atoms with van der Waals surface area (Å²) in [5.74, 6) is 1.53. The molecule has 148 valence electrons. The van der Waals surface area contributed by atoms with Gasteiger partial charge in [0.1, 0.15) is 5.75 Å². The van der Waals surface area contributed by atoms with Crippen LogP contribution in [-0.2, 0) is 21.3 Å². The molecule has 4 rings (SSSR count). The lowest BCUT2D eigenvalue weighted by atomic mass is 9.53. The maximum Gasteiger partial charge on any atom is 0.511 e. The van der Waals surface area contributed by atoms with Crippen LogP contribution in [0.2, 0.25) is 0 Å². The monoisotopic (exact) mass is 373 g/mol. The van der Waals surface area contributed by atoms with Crippen LogP contribution < -0.4 is 10.1 Å². The summed E-state index contributed by atoms with van der Waals surface area (Å²) in [6.45, 7) is 3.45. The van der Waals surface area contributed by atoms with E-state index < -0.39 is 6.16 Å². The van der Waals surface area contributed by atoms with Gasteiger partial charge in [-0.1, -0.05) is 32.3 Å². The Labute approximate surface area is 161 Å². The van der Waals surface area contributed by atoms with E-state index in [0.717, 1.165) is 37.5 Å². The van der Waals surface area contributed by atoms with Crippen molar-refractivity contribution in [1.29, 1.82) is 0 Å². The molecule has 0 radical (unpaired) electrons. The van der Waals surface area contributed by atoms with Crippen molar-refractivity contribution in [2.45, 2.75) is 69.7 Å². The average Bonchev–Trinajstić information content (AvgIpc) is 2.68. The molecule has 1 aromatic carbocycles. The van der Waals surface area contributed by atoms with Crippen LogP contribution in [0.4, 0.5) is 4.79 Å². The lowest BCUT2D eigenvalue weighted by Gasteiger charge is -2.56. The first kappa shape index (κ1) is 18.6. The van der Waals surface area contributed by atoms with Crippen LogP contribution in [0.15, 0.2) is 18.2 Å². The standard InChI is InChI=1S/C22H31NO4/c1-2-3-12-25-21(24)27-15-26-17-8-7-16-13-20-18-6-4-5-9-22(18,10-11-23-20)19(16)14-17/h7-8,14,18,20,23H,2-6,9-13,15H2,1H3/t18-,20-,22+/m1/s1. The molecular weight excluding hydrogens is 342 g/mol. The van der Waals surface area contributed by atoms with E-state index in [1.54, 1.807) is 0 Å². The van der Waals surface area contributed by atoms with Gasteiger partial charge in [-0.2, -0.15) is 0 Å². The normalized spacial score (nSPS) is 28.6. The zero-order valence-electron chi connectivity index (χ0n) is 16.3. The molecule has 1 aliphatic heterocycles. The number of benzene rings is 1. The Bertz CT molecular complexity index is 672. The molecule has 0 spiro atoms. The summed E-state index contributed by atoms with van der Waals surface area (Å²) in [4.78, 5) is 11.5. The fourth-order valence-corrected chi connectivity index (χ4v) is 5.48. The first-order valence-corrected chi connectivity index (χ1v) is 10.5. The number of piperidine rings is 1. The third kappa shape index (κ3) is 3.66. The van der Waals surface area contributed by atoms with Crippen LogP contribution in [0.3, 0.4) is 0 Å². The van der Waals surface area contributed by atoms with E-state index in [1.807, 2.05) is 6.07 Å². The number of nitrogens with one attached hydrogen (secondary N) is 1. The number of unbranched alkanes of at least 4 members (excludes halogenated alkanes) is 1. The highest BCUT2D eigenvalue weighted by Crippen LogP contribution is 2.54. The Hall–Kier alpha value is -1.75. The smallest absolute Gasteiger partial charge is 0.457 e. The molecule has 1 saturated heterocycles. The van der Waals surface area contributed by atoms with Crippen molar-refractivity contribution in [2.24, 2.45) is 5.92 Å². The molecule has 2 bridgehead atoms. The van der Waals surface area contributed by atoms with E-state index >= 15 is 0 Å². The minimum absolute atomic E-state index is 0.107. The molecule has 0 aromatic heterocycles. The highest BCUT2D eigenvalue weighted by Gasteiger charge is 2.51. The van der Waals surface area contributed by atoms with E-state index in [4.69, 9.17) is 14.2 Å². The van der Waals surface area contributed by atoms with Crippen LogP contribution in [0.1, 0.15) is 63.0 Å². The summed E-state index contributed by atoms with van der Waals surface area (Å²) in [5, 5.41) is 3.76. The molecule has 27 heavy (non-hydrogen) atoms. The second kappa shape index (κ2) is 8.09. The van der Waals surface area contributed by atoms with E-state index in [2.05, 4.69) is 24.4 Å². The van der Waals surface area contributed by atoms with Crippen molar-refractivity contribution >= 4 is 6.16 Å². The summed E-state index contributed by atoms with van der Waals surface area (Å²) in [7, 11) is 0. The molecule has 5 nitrogen and oxygen atoms in total. The summed E-state index contributed by atoms with van der Waals surface area (Å²) in [5.41, 5.74) is 3.24. The average molecular weight is 373 g/mol. The maximum atomic E-state index is 11.5. The largest absolute Gasteiger partial charge is 0.511 e. The Morgan fingerprint density at radius 3 is 3.07 bits per heavy atom. The van der Waals surface area contributed by atoms with E-state index in [1.165, 1.54) is 43.2 Å². The van der Waals surface area contributed by atoms with Gasteiger partial charge in [-0.3, -0.25) is 0 Å². The highest BCUT2D eigenvalue weighted by atomic mass is 16.8. The number of fused-ring (bicyclic) bond motifs is 1.